The number of aromatic nitrogens is 2. The van der Waals surface area contributed by atoms with Gasteiger partial charge in [0, 0.05) is 40.7 Å². The van der Waals surface area contributed by atoms with Gasteiger partial charge >= 0.3 is 5.97 Å². The van der Waals surface area contributed by atoms with Crippen LogP contribution in [0.15, 0.2) is 66.8 Å². The molecule has 0 radical (unpaired) electrons. The van der Waals surface area contributed by atoms with E-state index in [1.165, 1.54) is 6.42 Å². The van der Waals surface area contributed by atoms with Crippen molar-refractivity contribution in [3.05, 3.63) is 72.4 Å². The molecule has 0 bridgehead atoms. The van der Waals surface area contributed by atoms with Crippen molar-refractivity contribution >= 4 is 17.5 Å². The zero-order chi connectivity index (χ0) is 32.6. The maximum atomic E-state index is 14.6. The van der Waals surface area contributed by atoms with Crippen LogP contribution < -0.4 is 0 Å². The van der Waals surface area contributed by atoms with E-state index in [1.807, 2.05) is 29.0 Å². The number of allylic oxidation sites excluding steroid dienone is 4. The number of hydrogen-bond acceptors (Lipinski definition) is 8. The molecule has 248 valence electrons. The Kier molecular flexibility index (Phi) is 7.46. The van der Waals surface area contributed by atoms with Gasteiger partial charge < -0.3 is 23.9 Å². The van der Waals surface area contributed by atoms with Crippen molar-refractivity contribution in [2.24, 2.45) is 34.5 Å². The number of aliphatic hydroxyl groups is 1. The molecule has 1 aliphatic heterocycles. The molecule has 5 aliphatic carbocycles. The average molecular weight is 641 g/mol. The molecule has 0 spiro atoms. The lowest BCUT2D eigenvalue weighted by molar-refractivity contribution is -0.209. The quantitative estimate of drug-likeness (QED) is 0.409. The van der Waals surface area contributed by atoms with Crippen molar-refractivity contribution in [1.82, 2.24) is 9.55 Å². The number of ketones is 2. The highest BCUT2D eigenvalue weighted by Gasteiger charge is 2.76. The van der Waals surface area contributed by atoms with E-state index >= 15 is 0 Å². The van der Waals surface area contributed by atoms with Gasteiger partial charge in [-0.1, -0.05) is 44.8 Å². The smallest absolute Gasteiger partial charge is 0.338 e. The Morgan fingerprint density at radius 1 is 1.11 bits per heavy atom. The lowest BCUT2D eigenvalue weighted by Crippen LogP contribution is -2.63. The molecule has 1 aromatic heterocycles. The fourth-order valence-corrected chi connectivity index (χ4v) is 10.7. The number of rotatable bonds is 6. The van der Waals surface area contributed by atoms with Gasteiger partial charge in [0.2, 0.25) is 5.78 Å². The van der Waals surface area contributed by atoms with Crippen molar-refractivity contribution in [2.45, 2.75) is 95.7 Å². The summed E-state index contributed by atoms with van der Waals surface area (Å²) in [6.45, 7) is 3.82. The molecule has 6 unspecified atom stereocenters. The van der Waals surface area contributed by atoms with Crippen molar-refractivity contribution in [3.8, 4) is 5.69 Å². The Bertz CT molecular complexity index is 1630. The molecule has 9 atom stereocenters. The van der Waals surface area contributed by atoms with Crippen LogP contribution in [0.4, 0.5) is 0 Å². The predicted molar refractivity (Wildman–Crippen MR) is 171 cm³/mol. The number of benzene rings is 1. The van der Waals surface area contributed by atoms with Crippen LogP contribution in [0.25, 0.3) is 5.69 Å². The summed E-state index contributed by atoms with van der Waals surface area (Å²) < 4.78 is 21.3. The third kappa shape index (κ3) is 4.67. The monoisotopic (exact) mass is 640 g/mol. The summed E-state index contributed by atoms with van der Waals surface area (Å²) in [5.74, 6) is -0.536. The molecule has 1 saturated heterocycles. The molecule has 2 heterocycles. The summed E-state index contributed by atoms with van der Waals surface area (Å²) in [5.41, 5.74) is -0.162. The Hall–Kier alpha value is -3.40. The van der Waals surface area contributed by atoms with Gasteiger partial charge in [-0.15, -0.1) is 0 Å². The van der Waals surface area contributed by atoms with E-state index in [4.69, 9.17) is 14.2 Å². The zero-order valence-electron chi connectivity index (χ0n) is 27.2. The third-order valence-corrected chi connectivity index (χ3v) is 12.9. The first-order chi connectivity index (χ1) is 22.6. The van der Waals surface area contributed by atoms with Crippen LogP contribution in [0.2, 0.25) is 0 Å². The Morgan fingerprint density at radius 2 is 1.89 bits per heavy atom. The molecule has 5 fully saturated rings. The minimum Gasteiger partial charge on any atom is -0.454 e. The van der Waals surface area contributed by atoms with Gasteiger partial charge in [-0.2, -0.15) is 0 Å². The second-order valence-electron chi connectivity index (χ2n) is 15.2. The van der Waals surface area contributed by atoms with Gasteiger partial charge in [-0.25, -0.2) is 9.78 Å². The fraction of sp³-hybridized carbons (Fsp3) is 0.579. The largest absolute Gasteiger partial charge is 0.454 e. The lowest BCUT2D eigenvalue weighted by atomic mass is 9.46. The third-order valence-electron chi connectivity index (χ3n) is 12.9. The summed E-state index contributed by atoms with van der Waals surface area (Å²) in [5, 5.41) is 12.0. The van der Waals surface area contributed by atoms with Crippen molar-refractivity contribution in [1.29, 1.82) is 0 Å². The van der Waals surface area contributed by atoms with Gasteiger partial charge in [0.25, 0.3) is 0 Å². The van der Waals surface area contributed by atoms with Gasteiger partial charge in [-0.3, -0.25) is 9.59 Å². The topological polar surface area (TPSA) is 117 Å². The second kappa shape index (κ2) is 11.3. The van der Waals surface area contributed by atoms with Crippen LogP contribution in [0, 0.1) is 34.5 Å². The molecule has 4 saturated carbocycles. The number of Topliss-reactive ketones (excluding diaryl/α,β-unsaturated/α-hetero) is 1. The Balaban J connectivity index is 1.08. The van der Waals surface area contributed by atoms with E-state index in [2.05, 4.69) is 18.8 Å². The minimum absolute atomic E-state index is 0.00487. The SMILES string of the molecule is CC12C=CC(=O)C=C1CCC1[C@@H]2C(O)CC2(C)[C@H]1CC1OC(C3CCCCC3)O[C@]12C(=O)COC(=O)c1ccc(-n2ccnc2)cc1. The molecule has 9 nitrogen and oxygen atoms in total. The van der Waals surface area contributed by atoms with Gasteiger partial charge in [0.1, 0.15) is 0 Å². The molecule has 9 heteroatoms. The van der Waals surface area contributed by atoms with Crippen LogP contribution in [-0.2, 0) is 23.8 Å². The van der Waals surface area contributed by atoms with Gasteiger partial charge in [0.05, 0.1) is 24.1 Å². The maximum absolute atomic E-state index is 14.6. The summed E-state index contributed by atoms with van der Waals surface area (Å²) in [6, 6.07) is 6.98. The average Bonchev–Trinajstić information content (AvgIpc) is 3.80. The number of imidazole rings is 1. The van der Waals surface area contributed by atoms with Crippen LogP contribution in [-0.4, -0.2) is 62.9 Å². The van der Waals surface area contributed by atoms with Crippen LogP contribution >= 0.6 is 0 Å². The Morgan fingerprint density at radius 3 is 2.64 bits per heavy atom. The second-order valence-corrected chi connectivity index (χ2v) is 15.2. The number of esters is 1. The van der Waals surface area contributed by atoms with E-state index in [0.29, 0.717) is 18.4 Å². The number of fused-ring (bicyclic) bond motifs is 7. The van der Waals surface area contributed by atoms with E-state index in [9.17, 15) is 19.5 Å². The predicted octanol–water partition coefficient (Wildman–Crippen LogP) is 5.55. The normalized spacial score (nSPS) is 39.4. The Labute approximate surface area is 275 Å². The summed E-state index contributed by atoms with van der Waals surface area (Å²) in [4.78, 5) is 44.2. The van der Waals surface area contributed by atoms with Crippen molar-refractivity contribution in [2.75, 3.05) is 6.61 Å². The highest BCUT2D eigenvalue weighted by molar-refractivity contribution is 6.01. The first kappa shape index (κ1) is 30.9. The number of ether oxygens (including phenoxy) is 3. The molecule has 8 rings (SSSR count). The molecule has 2 aromatic rings. The maximum Gasteiger partial charge on any atom is 0.338 e. The van der Waals surface area contributed by atoms with E-state index < -0.39 is 47.5 Å². The van der Waals surface area contributed by atoms with Gasteiger partial charge in [0.15, 0.2) is 24.3 Å². The molecular formula is C38H44N2O7. The number of carbonyl (C=O) groups is 3. The first-order valence-corrected chi connectivity index (χ1v) is 17.4. The first-order valence-electron chi connectivity index (χ1n) is 17.4. The zero-order valence-corrected chi connectivity index (χ0v) is 27.2. The number of hydrogen-bond donors (Lipinski definition) is 1. The molecule has 1 aromatic carbocycles. The standard InChI is InChI=1S/C38H44N2O7/c1-36-15-14-27(41)18-25(36)10-13-28-29-19-32-38(37(29,2)20-30(42)33(28)36,47-35(46-32)24-6-4-3-5-7-24)31(43)21-45-34(44)23-8-11-26(12-9-23)40-17-16-39-22-40/h8-9,11-12,14-18,22,24,28-30,32-33,35,42H,3-7,10,13,19-21H2,1-2H3/t28?,29-,30?,32?,33+,35?,36?,37?,38+/m0/s1. The van der Waals surface area contributed by atoms with Crippen molar-refractivity contribution in [3.63, 3.8) is 0 Å². The molecule has 1 N–H and O–H groups in total. The van der Waals surface area contributed by atoms with E-state index in [0.717, 1.165) is 49.8 Å². The highest BCUT2D eigenvalue weighted by atomic mass is 16.7. The van der Waals surface area contributed by atoms with E-state index in [1.54, 1.807) is 36.8 Å². The minimum atomic E-state index is -1.33. The summed E-state index contributed by atoms with van der Waals surface area (Å²) in [7, 11) is 0. The fourth-order valence-electron chi connectivity index (χ4n) is 10.7. The molecule has 0 amide bonds. The lowest BCUT2D eigenvalue weighted by Gasteiger charge is -2.59. The molecule has 47 heavy (non-hydrogen) atoms. The number of carbonyl (C=O) groups excluding carboxylic acids is 3. The number of nitrogens with zero attached hydrogens (tertiary/aromatic N) is 2. The number of aliphatic hydroxyl groups excluding tert-OH is 1. The van der Waals surface area contributed by atoms with Crippen LogP contribution in [0.5, 0.6) is 0 Å². The highest BCUT2D eigenvalue weighted by Crippen LogP contribution is 2.70. The summed E-state index contributed by atoms with van der Waals surface area (Å²) >= 11 is 0. The molecule has 6 aliphatic rings. The van der Waals surface area contributed by atoms with Crippen LogP contribution in [0.1, 0.15) is 82.0 Å². The van der Waals surface area contributed by atoms with Crippen molar-refractivity contribution < 1.29 is 33.7 Å². The van der Waals surface area contributed by atoms with Gasteiger partial charge in [-0.05, 0) is 86.8 Å². The molecular weight excluding hydrogens is 596 g/mol. The summed E-state index contributed by atoms with van der Waals surface area (Å²) in [6.07, 6.45) is 17.0. The van der Waals surface area contributed by atoms with E-state index in [-0.39, 0.29) is 35.2 Å². The van der Waals surface area contributed by atoms with Crippen LogP contribution in [0.3, 0.4) is 0 Å².